The van der Waals surface area contributed by atoms with Gasteiger partial charge in [0.2, 0.25) is 0 Å². The smallest absolute Gasteiger partial charge is 0.182 e. The van der Waals surface area contributed by atoms with Crippen molar-refractivity contribution in [2.24, 2.45) is 5.92 Å². The van der Waals surface area contributed by atoms with Crippen molar-refractivity contribution < 1.29 is 5.11 Å². The number of rotatable bonds is 6. The molecule has 0 amide bonds. The van der Waals surface area contributed by atoms with E-state index in [1.165, 1.54) is 11.1 Å². The van der Waals surface area contributed by atoms with E-state index in [1.54, 1.807) is 12.3 Å². The van der Waals surface area contributed by atoms with Crippen LogP contribution in [0.5, 0.6) is 5.75 Å². The van der Waals surface area contributed by atoms with Gasteiger partial charge >= 0.3 is 0 Å². The van der Waals surface area contributed by atoms with Crippen LogP contribution in [0.15, 0.2) is 91.8 Å². The third-order valence-corrected chi connectivity index (χ3v) is 6.09. The lowest BCUT2D eigenvalue weighted by atomic mass is 9.83. The number of aromatic nitrogens is 4. The van der Waals surface area contributed by atoms with Crippen LogP contribution < -0.4 is 0 Å². The first-order valence-corrected chi connectivity index (χ1v) is 10.8. The summed E-state index contributed by atoms with van der Waals surface area (Å²) in [7, 11) is 0. The monoisotopic (exact) mass is 409 g/mol. The number of benzene rings is 2. The van der Waals surface area contributed by atoms with E-state index in [2.05, 4.69) is 63.3 Å². The van der Waals surface area contributed by atoms with Crippen LogP contribution in [-0.4, -0.2) is 19.3 Å². The molecule has 0 saturated carbocycles. The number of fused-ring (bicyclic) bond motifs is 1. The van der Waals surface area contributed by atoms with Crippen LogP contribution in [0.1, 0.15) is 34.7 Å². The van der Waals surface area contributed by atoms with Crippen molar-refractivity contribution in [1.82, 2.24) is 19.3 Å². The predicted molar refractivity (Wildman–Crippen MR) is 119 cm³/mol. The minimum absolute atomic E-state index is 0.0533. The second kappa shape index (κ2) is 8.64. The van der Waals surface area contributed by atoms with Crippen molar-refractivity contribution in [3.8, 4) is 5.75 Å². The second-order valence-electron chi connectivity index (χ2n) is 8.14. The minimum atomic E-state index is 0.0533. The first-order valence-electron chi connectivity index (χ1n) is 10.8. The molecule has 5 rings (SSSR count). The minimum Gasteiger partial charge on any atom is -0.326 e. The van der Waals surface area contributed by atoms with Crippen molar-refractivity contribution in [1.29, 1.82) is 0 Å². The van der Waals surface area contributed by atoms with Gasteiger partial charge in [-0.3, -0.25) is 9.79 Å². The van der Waals surface area contributed by atoms with Gasteiger partial charge in [0.25, 0.3) is 0 Å². The van der Waals surface area contributed by atoms with Crippen LogP contribution in [0.4, 0.5) is 0 Å². The molecule has 0 N–H and O–H groups in total. The van der Waals surface area contributed by atoms with Crippen LogP contribution in [0.3, 0.4) is 0 Å². The number of nitrogens with zero attached hydrogens (tertiary/aromatic N) is 4. The summed E-state index contributed by atoms with van der Waals surface area (Å²) in [6, 6.07) is 16.1. The van der Waals surface area contributed by atoms with E-state index in [0.29, 0.717) is 5.92 Å². The third kappa shape index (κ3) is 4.17. The lowest BCUT2D eigenvalue weighted by Crippen LogP contribution is -2.12. The molecular weight excluding hydrogens is 384 g/mol. The molecular formula is C26H25N4O. The van der Waals surface area contributed by atoms with Gasteiger partial charge in [-0.15, -0.1) is 0 Å². The molecule has 1 aliphatic rings. The Morgan fingerprint density at radius 1 is 1.10 bits per heavy atom. The fourth-order valence-corrected chi connectivity index (χ4v) is 4.54. The molecule has 1 radical (unpaired) electrons. The fraction of sp³-hybridized carbons (Fsp3) is 0.231. The largest absolute Gasteiger partial charge is 0.326 e. The zero-order chi connectivity index (χ0) is 21.0. The lowest BCUT2D eigenvalue weighted by Gasteiger charge is -2.22. The van der Waals surface area contributed by atoms with E-state index in [4.69, 9.17) is 0 Å². The van der Waals surface area contributed by atoms with Gasteiger partial charge in [0.15, 0.2) is 5.75 Å². The van der Waals surface area contributed by atoms with Gasteiger partial charge < -0.3 is 4.57 Å². The maximum atomic E-state index is 12.0. The predicted octanol–water partition coefficient (Wildman–Crippen LogP) is 5.22. The molecule has 31 heavy (non-hydrogen) atoms. The Hall–Kier alpha value is -3.60. The first-order chi connectivity index (χ1) is 15.3. The molecule has 0 aliphatic heterocycles. The van der Waals surface area contributed by atoms with E-state index in [9.17, 15) is 5.11 Å². The van der Waals surface area contributed by atoms with Crippen molar-refractivity contribution in [3.05, 3.63) is 114 Å². The third-order valence-electron chi connectivity index (χ3n) is 6.09. The molecule has 4 aromatic rings. The van der Waals surface area contributed by atoms with E-state index in [1.807, 2.05) is 35.5 Å². The maximum absolute atomic E-state index is 12.0. The molecule has 2 atom stereocenters. The van der Waals surface area contributed by atoms with E-state index < -0.39 is 0 Å². The van der Waals surface area contributed by atoms with Crippen molar-refractivity contribution in [2.75, 3.05) is 0 Å². The molecule has 2 unspecified atom stereocenters. The van der Waals surface area contributed by atoms with Crippen LogP contribution in [0.25, 0.3) is 0 Å². The summed E-state index contributed by atoms with van der Waals surface area (Å²) in [6.45, 7) is 0.733. The molecule has 2 heterocycles. The molecule has 1 aliphatic carbocycles. The average Bonchev–Trinajstić information content (AvgIpc) is 3.48. The van der Waals surface area contributed by atoms with Gasteiger partial charge in [-0.05, 0) is 42.4 Å². The maximum Gasteiger partial charge on any atom is 0.182 e. The summed E-state index contributed by atoms with van der Waals surface area (Å²) in [4.78, 5) is 4.23. The van der Waals surface area contributed by atoms with Gasteiger partial charge in [0.1, 0.15) is 0 Å². The highest BCUT2D eigenvalue weighted by Crippen LogP contribution is 2.32. The molecule has 5 nitrogen and oxygen atoms in total. The lowest BCUT2D eigenvalue weighted by molar-refractivity contribution is 0.345. The van der Waals surface area contributed by atoms with Crippen LogP contribution >= 0.6 is 0 Å². The highest BCUT2D eigenvalue weighted by atomic mass is 16.3. The van der Waals surface area contributed by atoms with Gasteiger partial charge in [0, 0.05) is 29.7 Å². The zero-order valence-electron chi connectivity index (χ0n) is 17.3. The Morgan fingerprint density at radius 3 is 2.84 bits per heavy atom. The highest BCUT2D eigenvalue weighted by Gasteiger charge is 2.20. The SMILES string of the molecule is [O]c1cccc2c1CCC(C=CCn1cc(C(c3ccccc3)n3ccnc3)cn1)C2. The second-order valence-corrected chi connectivity index (χ2v) is 8.14. The molecule has 0 fully saturated rings. The van der Waals surface area contributed by atoms with E-state index >= 15 is 0 Å². The summed E-state index contributed by atoms with van der Waals surface area (Å²) in [5.41, 5.74) is 4.55. The molecule has 2 aromatic heterocycles. The van der Waals surface area contributed by atoms with E-state index in [-0.39, 0.29) is 11.8 Å². The summed E-state index contributed by atoms with van der Waals surface area (Å²) in [5.74, 6) is 0.669. The summed E-state index contributed by atoms with van der Waals surface area (Å²) in [6.07, 6.45) is 17.0. The molecule has 5 heteroatoms. The molecule has 0 bridgehead atoms. The van der Waals surface area contributed by atoms with Gasteiger partial charge in [-0.2, -0.15) is 5.10 Å². The molecule has 0 spiro atoms. The number of hydrogen-bond acceptors (Lipinski definition) is 2. The Bertz CT molecular complexity index is 1160. The fourth-order valence-electron chi connectivity index (χ4n) is 4.54. The van der Waals surface area contributed by atoms with Crippen LogP contribution in [0.2, 0.25) is 0 Å². The Balaban J connectivity index is 1.28. The number of allylic oxidation sites excluding steroid dienone is 2. The molecule has 0 saturated heterocycles. The van der Waals surface area contributed by atoms with Crippen molar-refractivity contribution >= 4 is 0 Å². The zero-order valence-corrected chi connectivity index (χ0v) is 17.3. The molecule has 155 valence electrons. The Kier molecular flexibility index (Phi) is 5.40. The summed E-state index contributed by atoms with van der Waals surface area (Å²) < 4.78 is 4.08. The van der Waals surface area contributed by atoms with E-state index in [0.717, 1.165) is 36.9 Å². The summed E-state index contributed by atoms with van der Waals surface area (Å²) >= 11 is 0. The average molecular weight is 410 g/mol. The normalized spacial score (nSPS) is 17.0. The quantitative estimate of drug-likeness (QED) is 0.410. The summed E-state index contributed by atoms with van der Waals surface area (Å²) in [5, 5.41) is 16.6. The van der Waals surface area contributed by atoms with Crippen molar-refractivity contribution in [2.45, 2.75) is 31.8 Å². The van der Waals surface area contributed by atoms with Crippen LogP contribution in [0, 0.1) is 5.92 Å². The van der Waals surface area contributed by atoms with Gasteiger partial charge in [0.05, 0.1) is 25.1 Å². The van der Waals surface area contributed by atoms with Gasteiger partial charge in [-0.1, -0.05) is 54.6 Å². The Morgan fingerprint density at radius 2 is 2.00 bits per heavy atom. The van der Waals surface area contributed by atoms with Gasteiger partial charge in [-0.25, -0.2) is 4.98 Å². The Labute approximate surface area is 182 Å². The number of hydrogen-bond donors (Lipinski definition) is 0. The molecule has 2 aromatic carbocycles. The first kappa shape index (κ1) is 19.4. The van der Waals surface area contributed by atoms with Crippen molar-refractivity contribution in [3.63, 3.8) is 0 Å². The topological polar surface area (TPSA) is 55.5 Å². The standard InChI is InChI=1S/C26H25N4O/c31-25-10-4-9-22-16-20(11-12-24(22)25)6-5-14-30-18-23(17-28-30)26(29-15-13-27-19-29)21-7-2-1-3-8-21/h1-10,13,15,17-20,26H,11-12,14,16H2. The van der Waals surface area contributed by atoms with Crippen LogP contribution in [-0.2, 0) is 24.5 Å². The highest BCUT2D eigenvalue weighted by molar-refractivity contribution is 5.41. The number of imidazole rings is 1.